The Morgan fingerprint density at radius 3 is 0.557 bits per heavy atom. The van der Waals surface area contributed by atoms with Crippen molar-refractivity contribution in [3.8, 4) is 0 Å². The molecule has 0 aliphatic heterocycles. The molecule has 0 aliphatic rings. The first-order valence-corrected chi connectivity index (χ1v) is 37.0. The Balaban J connectivity index is 0.00000152. The Hall–Kier alpha value is -0.974. The van der Waals surface area contributed by atoms with Crippen LogP contribution in [0.3, 0.4) is 0 Å². The average molecular weight is 1150 g/mol. The molecule has 0 aromatic heterocycles. The number of rotatable bonds is 58. The molecule has 79 heavy (non-hydrogen) atoms. The zero-order chi connectivity index (χ0) is 56.6. The molecular formula is C70H126MgO6S2. The van der Waals surface area contributed by atoms with Gasteiger partial charge in [-0.1, -0.05) is 372 Å². The second-order valence-corrected chi connectivity index (χ2v) is 26.8. The molecule has 0 fully saturated rings. The number of unbranched alkanes of at least 4 members (excludes halogenated alkanes) is 52. The summed E-state index contributed by atoms with van der Waals surface area (Å²) in [6.07, 6.45) is 77.2. The van der Waals surface area contributed by atoms with E-state index in [2.05, 4.69) is 13.8 Å². The SMILES string of the molecule is CCCCCCCCCCCCCCCCCCCCCCCCCCCCCc1cccc(S(=O)(=O)[O-])c1.CCCCCCCCCCCCCCCCCCCCCCCCCCCCCc1cccc(S(=O)(=O)[O-])c1.[Mg+2]. The first-order valence-electron chi connectivity index (χ1n) is 34.2. The number of aryl methyl sites for hydroxylation is 2. The molecule has 0 aliphatic carbocycles. The largest absolute Gasteiger partial charge is 2.00 e. The van der Waals surface area contributed by atoms with Crippen molar-refractivity contribution < 1.29 is 25.9 Å². The van der Waals surface area contributed by atoms with E-state index in [9.17, 15) is 25.9 Å². The number of hydrogen-bond acceptors (Lipinski definition) is 6. The Morgan fingerprint density at radius 2 is 0.405 bits per heavy atom. The first-order chi connectivity index (χ1) is 38.1. The van der Waals surface area contributed by atoms with Gasteiger partial charge in [-0.3, -0.25) is 0 Å². The molecule has 456 valence electrons. The molecule has 6 nitrogen and oxygen atoms in total. The maximum atomic E-state index is 11.1. The molecular weight excluding hydrogens is 1030 g/mol. The predicted octanol–water partition coefficient (Wildman–Crippen LogP) is 23.0. The van der Waals surface area contributed by atoms with Crippen LogP contribution in [0.15, 0.2) is 58.3 Å². The van der Waals surface area contributed by atoms with Gasteiger partial charge in [0, 0.05) is 0 Å². The molecule has 0 bridgehead atoms. The van der Waals surface area contributed by atoms with Crippen LogP contribution in [0.4, 0.5) is 0 Å². The normalized spacial score (nSPS) is 11.7. The Morgan fingerprint density at radius 1 is 0.253 bits per heavy atom. The maximum absolute atomic E-state index is 11.1. The summed E-state index contributed by atoms with van der Waals surface area (Å²) in [6.45, 7) is 4.59. The van der Waals surface area contributed by atoms with Crippen molar-refractivity contribution in [2.24, 2.45) is 0 Å². The van der Waals surface area contributed by atoms with Gasteiger partial charge >= 0.3 is 23.1 Å². The van der Waals surface area contributed by atoms with Crippen molar-refractivity contribution in [3.63, 3.8) is 0 Å². The van der Waals surface area contributed by atoms with Gasteiger partial charge in [-0.2, -0.15) is 0 Å². The van der Waals surface area contributed by atoms with Crippen molar-refractivity contribution in [2.45, 2.75) is 383 Å². The molecule has 0 unspecified atom stereocenters. The van der Waals surface area contributed by atoms with E-state index < -0.39 is 20.2 Å². The fourth-order valence-electron chi connectivity index (χ4n) is 11.4. The fourth-order valence-corrected chi connectivity index (χ4v) is 12.4. The van der Waals surface area contributed by atoms with E-state index in [0.717, 1.165) is 36.8 Å². The molecule has 0 amide bonds. The molecule has 2 rings (SSSR count). The summed E-state index contributed by atoms with van der Waals surface area (Å²) in [6, 6.07) is 13.0. The summed E-state index contributed by atoms with van der Waals surface area (Å²) in [7, 11) is -8.69. The second-order valence-electron chi connectivity index (χ2n) is 24.1. The predicted molar refractivity (Wildman–Crippen MR) is 343 cm³/mol. The van der Waals surface area contributed by atoms with Crippen LogP contribution in [0.25, 0.3) is 0 Å². The van der Waals surface area contributed by atoms with Crippen LogP contribution in [0.5, 0.6) is 0 Å². The van der Waals surface area contributed by atoms with Crippen LogP contribution >= 0.6 is 0 Å². The molecule has 0 atom stereocenters. The van der Waals surface area contributed by atoms with Crippen LogP contribution in [0.1, 0.15) is 372 Å². The van der Waals surface area contributed by atoms with Crippen molar-refractivity contribution in [1.82, 2.24) is 0 Å². The summed E-state index contributed by atoms with van der Waals surface area (Å²) in [5.74, 6) is 0. The van der Waals surface area contributed by atoms with Gasteiger partial charge in [-0.05, 0) is 61.1 Å². The van der Waals surface area contributed by atoms with Crippen LogP contribution in [-0.4, -0.2) is 49.0 Å². The van der Waals surface area contributed by atoms with E-state index in [0.29, 0.717) is 0 Å². The van der Waals surface area contributed by atoms with Gasteiger partial charge in [0.15, 0.2) is 0 Å². The van der Waals surface area contributed by atoms with Crippen molar-refractivity contribution in [2.75, 3.05) is 0 Å². The Bertz CT molecular complexity index is 1660. The van der Waals surface area contributed by atoms with Crippen LogP contribution in [0.2, 0.25) is 0 Å². The first kappa shape index (κ1) is 78.0. The van der Waals surface area contributed by atoms with Gasteiger partial charge in [-0.25, -0.2) is 16.8 Å². The number of benzene rings is 2. The van der Waals surface area contributed by atoms with Gasteiger partial charge in [0.25, 0.3) is 0 Å². The van der Waals surface area contributed by atoms with E-state index in [1.165, 1.54) is 358 Å². The van der Waals surface area contributed by atoms with Crippen LogP contribution in [-0.2, 0) is 33.1 Å². The van der Waals surface area contributed by atoms with Crippen LogP contribution in [0, 0.1) is 0 Å². The maximum Gasteiger partial charge on any atom is 2.00 e. The molecule has 0 saturated carbocycles. The van der Waals surface area contributed by atoms with E-state index in [4.69, 9.17) is 0 Å². The molecule has 2 aromatic rings. The summed E-state index contributed by atoms with van der Waals surface area (Å²) < 4.78 is 66.8. The minimum atomic E-state index is -4.34. The summed E-state index contributed by atoms with van der Waals surface area (Å²) >= 11 is 0. The third-order valence-corrected chi connectivity index (χ3v) is 18.2. The van der Waals surface area contributed by atoms with Crippen LogP contribution < -0.4 is 0 Å². The minimum Gasteiger partial charge on any atom is -0.744 e. The topological polar surface area (TPSA) is 114 Å². The molecule has 2 aromatic carbocycles. The second kappa shape index (κ2) is 58.8. The van der Waals surface area contributed by atoms with Gasteiger partial charge < -0.3 is 9.11 Å². The smallest absolute Gasteiger partial charge is 0.744 e. The van der Waals surface area contributed by atoms with E-state index >= 15 is 0 Å². The standard InChI is InChI=1S/2C35H64O3S.Mg/c2*1-2-3-4-5-6-7-8-9-10-11-12-13-14-15-16-17-18-19-20-21-22-23-24-25-26-27-28-30-34-31-29-32-35(33-34)39(36,37)38;/h2*29,31-33H,2-28,30H2,1H3,(H,36,37,38);/q;;+2/p-2. The third kappa shape index (κ3) is 54.7. The van der Waals surface area contributed by atoms with Crippen molar-refractivity contribution in [1.29, 1.82) is 0 Å². The Kier molecular flexibility index (Phi) is 58.1. The Labute approximate surface area is 508 Å². The molecule has 0 spiro atoms. The molecule has 9 heteroatoms. The molecule has 0 heterocycles. The van der Waals surface area contributed by atoms with Gasteiger partial charge in [0.2, 0.25) is 0 Å². The van der Waals surface area contributed by atoms with Gasteiger partial charge in [0.05, 0.1) is 9.79 Å². The summed E-state index contributed by atoms with van der Waals surface area (Å²) in [5, 5.41) is 0. The molecule has 0 saturated heterocycles. The number of hydrogen-bond donors (Lipinski definition) is 0. The monoisotopic (exact) mass is 1150 g/mol. The van der Waals surface area contributed by atoms with Gasteiger partial charge in [-0.15, -0.1) is 0 Å². The molecule has 0 radical (unpaired) electrons. The van der Waals surface area contributed by atoms with Crippen molar-refractivity contribution >= 4 is 43.3 Å². The van der Waals surface area contributed by atoms with E-state index in [1.54, 1.807) is 12.1 Å². The average Bonchev–Trinajstić information content (AvgIpc) is 3.43. The quantitative estimate of drug-likeness (QED) is 0.0370. The molecule has 0 N–H and O–H groups in total. The summed E-state index contributed by atoms with van der Waals surface area (Å²) in [5.41, 5.74) is 1.90. The zero-order valence-electron chi connectivity index (χ0n) is 52.2. The fraction of sp³-hybridized carbons (Fsp3) is 0.829. The van der Waals surface area contributed by atoms with Crippen molar-refractivity contribution in [3.05, 3.63) is 59.7 Å². The third-order valence-electron chi connectivity index (χ3n) is 16.5. The zero-order valence-corrected chi connectivity index (χ0v) is 55.2. The van der Waals surface area contributed by atoms with E-state index in [-0.39, 0.29) is 32.8 Å². The van der Waals surface area contributed by atoms with E-state index in [1.807, 2.05) is 12.1 Å². The minimum absolute atomic E-state index is 0. The van der Waals surface area contributed by atoms with Gasteiger partial charge in [0.1, 0.15) is 20.2 Å². The summed E-state index contributed by atoms with van der Waals surface area (Å²) in [4.78, 5) is -0.213.